The standard InChI is InChI=1S/C22H19F3N6O3/c1-11-20(21(26)29-34-11)17-7-19(16(25)8-27-17)33-15-9-30(10-15)22(32)31-18(2-3-28-31)12-4-13(23)6-14(24)5-12/h3-8,15,18H,2,9-10H2,1H3,(H2,26,29). The number of carbonyl (C=O) groups excluding carboxylic acids is 1. The van der Waals surface area contributed by atoms with E-state index in [1.807, 2.05) is 0 Å². The minimum Gasteiger partial charge on any atom is -0.483 e. The number of nitrogens with two attached hydrogens (primary N) is 1. The van der Waals surface area contributed by atoms with Crippen LogP contribution in [0, 0.1) is 24.4 Å². The summed E-state index contributed by atoms with van der Waals surface area (Å²) in [5.41, 5.74) is 6.90. The van der Waals surface area contributed by atoms with Crippen LogP contribution in [-0.2, 0) is 0 Å². The number of halogens is 3. The van der Waals surface area contributed by atoms with Gasteiger partial charge in [0.05, 0.1) is 36.6 Å². The molecular formula is C22H19F3N6O3. The van der Waals surface area contributed by atoms with Crippen molar-refractivity contribution in [2.45, 2.75) is 25.5 Å². The number of hydrogen-bond donors (Lipinski definition) is 1. The van der Waals surface area contributed by atoms with Gasteiger partial charge in [-0.2, -0.15) is 5.10 Å². The van der Waals surface area contributed by atoms with Crippen LogP contribution in [0.2, 0.25) is 0 Å². The van der Waals surface area contributed by atoms with Crippen LogP contribution in [0.1, 0.15) is 23.8 Å². The van der Waals surface area contributed by atoms with Crippen molar-refractivity contribution in [3.63, 3.8) is 0 Å². The highest BCUT2D eigenvalue weighted by Gasteiger charge is 2.39. The smallest absolute Gasteiger partial charge is 0.341 e. The second-order valence-corrected chi connectivity index (χ2v) is 8.02. The Morgan fingerprint density at radius 1 is 1.18 bits per heavy atom. The zero-order valence-electron chi connectivity index (χ0n) is 17.9. The maximum absolute atomic E-state index is 14.3. The first-order valence-electron chi connectivity index (χ1n) is 10.4. The van der Waals surface area contributed by atoms with Crippen LogP contribution in [-0.4, -0.2) is 51.5 Å². The van der Waals surface area contributed by atoms with Gasteiger partial charge >= 0.3 is 6.03 Å². The Hall–Kier alpha value is -4.09. The van der Waals surface area contributed by atoms with Gasteiger partial charge in [-0.25, -0.2) is 23.0 Å². The second kappa shape index (κ2) is 8.36. The van der Waals surface area contributed by atoms with Crippen LogP contribution in [0.3, 0.4) is 0 Å². The highest BCUT2D eigenvalue weighted by atomic mass is 19.1. The molecule has 4 heterocycles. The lowest BCUT2D eigenvalue weighted by molar-refractivity contribution is 0.0256. The Kier molecular flexibility index (Phi) is 5.34. The van der Waals surface area contributed by atoms with E-state index in [4.69, 9.17) is 15.0 Å². The van der Waals surface area contributed by atoms with Crippen molar-refractivity contribution in [1.29, 1.82) is 0 Å². The third-order valence-electron chi connectivity index (χ3n) is 5.67. The Balaban J connectivity index is 1.25. The molecule has 0 spiro atoms. The molecule has 34 heavy (non-hydrogen) atoms. The van der Waals surface area contributed by atoms with E-state index in [9.17, 15) is 18.0 Å². The number of benzene rings is 1. The molecule has 3 aromatic rings. The number of ether oxygens (including phenoxy) is 1. The van der Waals surface area contributed by atoms with Gasteiger partial charge in [-0.1, -0.05) is 5.16 Å². The Morgan fingerprint density at radius 2 is 1.91 bits per heavy atom. The summed E-state index contributed by atoms with van der Waals surface area (Å²) in [7, 11) is 0. The van der Waals surface area contributed by atoms with Crippen LogP contribution in [0.4, 0.5) is 23.8 Å². The number of hydrazone groups is 1. The largest absolute Gasteiger partial charge is 0.483 e. The summed E-state index contributed by atoms with van der Waals surface area (Å²) in [4.78, 5) is 18.4. The Morgan fingerprint density at radius 3 is 2.59 bits per heavy atom. The fourth-order valence-corrected chi connectivity index (χ4v) is 3.98. The minimum atomic E-state index is -0.728. The zero-order valence-corrected chi connectivity index (χ0v) is 17.9. The molecule has 9 nitrogen and oxygen atoms in total. The third-order valence-corrected chi connectivity index (χ3v) is 5.67. The number of amides is 2. The summed E-state index contributed by atoms with van der Waals surface area (Å²) in [6.45, 7) is 2.02. The molecule has 2 aliphatic heterocycles. The molecule has 0 bridgehead atoms. The number of nitrogens with zero attached hydrogens (tertiary/aromatic N) is 5. The van der Waals surface area contributed by atoms with E-state index in [0.717, 1.165) is 12.3 Å². The molecule has 2 aliphatic rings. The number of carbonyl (C=O) groups is 1. The van der Waals surface area contributed by atoms with E-state index in [-0.39, 0.29) is 24.7 Å². The van der Waals surface area contributed by atoms with E-state index in [1.54, 1.807) is 6.92 Å². The predicted molar refractivity (Wildman–Crippen MR) is 114 cm³/mol. The molecule has 2 aromatic heterocycles. The molecule has 0 radical (unpaired) electrons. The normalized spacial score (nSPS) is 17.8. The quantitative estimate of drug-likeness (QED) is 0.621. The lowest BCUT2D eigenvalue weighted by Gasteiger charge is -2.41. The summed E-state index contributed by atoms with van der Waals surface area (Å²) in [5, 5.41) is 8.92. The topological polar surface area (TPSA) is 110 Å². The molecule has 0 saturated carbocycles. The number of hydrogen-bond acceptors (Lipinski definition) is 7. The minimum absolute atomic E-state index is 0.0468. The fraction of sp³-hybridized carbons (Fsp3) is 0.273. The van der Waals surface area contributed by atoms with Gasteiger partial charge in [-0.3, -0.25) is 4.98 Å². The Bertz CT molecular complexity index is 1250. The van der Waals surface area contributed by atoms with Gasteiger partial charge < -0.3 is 19.9 Å². The number of aryl methyl sites for hydroxylation is 1. The van der Waals surface area contributed by atoms with Gasteiger partial charge in [0.25, 0.3) is 0 Å². The van der Waals surface area contributed by atoms with Gasteiger partial charge in [-0.15, -0.1) is 0 Å². The van der Waals surface area contributed by atoms with Crippen molar-refractivity contribution in [2.24, 2.45) is 5.10 Å². The molecule has 1 aromatic carbocycles. The molecule has 12 heteroatoms. The van der Waals surface area contributed by atoms with Gasteiger partial charge in [0.2, 0.25) is 0 Å². The van der Waals surface area contributed by atoms with Gasteiger partial charge in [0.1, 0.15) is 23.5 Å². The molecule has 1 atom stereocenters. The fourth-order valence-electron chi connectivity index (χ4n) is 3.98. The first-order valence-corrected chi connectivity index (χ1v) is 10.4. The molecule has 2 amide bonds. The van der Waals surface area contributed by atoms with Crippen LogP contribution in [0.15, 0.2) is 40.1 Å². The van der Waals surface area contributed by atoms with Gasteiger partial charge in [-0.05, 0) is 24.6 Å². The number of aromatic nitrogens is 2. The molecule has 1 saturated heterocycles. The number of nitrogen functional groups attached to an aromatic ring is 1. The highest BCUT2D eigenvalue weighted by Crippen LogP contribution is 2.33. The van der Waals surface area contributed by atoms with Crippen LogP contribution in [0.25, 0.3) is 11.3 Å². The number of anilines is 1. The van der Waals surface area contributed by atoms with E-state index in [2.05, 4.69) is 15.2 Å². The molecular weight excluding hydrogens is 453 g/mol. The van der Waals surface area contributed by atoms with E-state index < -0.39 is 35.6 Å². The van der Waals surface area contributed by atoms with Crippen LogP contribution >= 0.6 is 0 Å². The third kappa shape index (κ3) is 3.91. The predicted octanol–water partition coefficient (Wildman–Crippen LogP) is 3.66. The van der Waals surface area contributed by atoms with Crippen molar-refractivity contribution < 1.29 is 27.2 Å². The lowest BCUT2D eigenvalue weighted by Crippen LogP contribution is -2.58. The summed E-state index contributed by atoms with van der Waals surface area (Å²) in [6, 6.07) is 3.47. The molecule has 5 rings (SSSR count). The number of likely N-dealkylation sites (tertiary alicyclic amines) is 1. The maximum atomic E-state index is 14.3. The number of rotatable bonds is 4. The molecule has 176 valence electrons. The zero-order chi connectivity index (χ0) is 24.0. The van der Waals surface area contributed by atoms with Gasteiger partial charge in [0, 0.05) is 24.8 Å². The maximum Gasteiger partial charge on any atom is 0.341 e. The van der Waals surface area contributed by atoms with E-state index in [1.165, 1.54) is 34.3 Å². The lowest BCUT2D eigenvalue weighted by atomic mass is 10.0. The second-order valence-electron chi connectivity index (χ2n) is 8.02. The van der Waals surface area contributed by atoms with Crippen LogP contribution in [0.5, 0.6) is 5.75 Å². The highest BCUT2D eigenvalue weighted by molar-refractivity contribution is 5.79. The molecule has 0 aliphatic carbocycles. The summed E-state index contributed by atoms with van der Waals surface area (Å²) < 4.78 is 52.3. The summed E-state index contributed by atoms with van der Waals surface area (Å²) in [6.07, 6.45) is 2.40. The Labute approximate surface area is 191 Å². The van der Waals surface area contributed by atoms with Crippen molar-refractivity contribution in [2.75, 3.05) is 18.8 Å². The van der Waals surface area contributed by atoms with Crippen molar-refractivity contribution in [1.82, 2.24) is 20.0 Å². The average molecular weight is 472 g/mol. The first kappa shape index (κ1) is 21.7. The monoisotopic (exact) mass is 472 g/mol. The SMILES string of the molecule is Cc1onc(N)c1-c1cc(OC2CN(C(=O)N3N=CCC3c3cc(F)cc(F)c3)C2)c(F)cn1. The summed E-state index contributed by atoms with van der Waals surface area (Å²) >= 11 is 0. The van der Waals surface area contributed by atoms with Gasteiger partial charge in [0.15, 0.2) is 17.4 Å². The summed E-state index contributed by atoms with van der Waals surface area (Å²) in [5.74, 6) is -1.61. The van der Waals surface area contributed by atoms with Crippen molar-refractivity contribution in [3.05, 3.63) is 59.2 Å². The van der Waals surface area contributed by atoms with E-state index in [0.29, 0.717) is 29.0 Å². The van der Waals surface area contributed by atoms with Crippen molar-refractivity contribution >= 4 is 18.1 Å². The average Bonchev–Trinajstić information content (AvgIpc) is 3.37. The van der Waals surface area contributed by atoms with Crippen LogP contribution < -0.4 is 10.5 Å². The number of urea groups is 1. The molecule has 1 unspecified atom stereocenters. The molecule has 1 fully saturated rings. The molecule has 2 N–H and O–H groups in total. The van der Waals surface area contributed by atoms with E-state index >= 15 is 0 Å². The van der Waals surface area contributed by atoms with Crippen molar-refractivity contribution in [3.8, 4) is 17.0 Å². The number of pyridine rings is 1. The first-order chi connectivity index (χ1) is 16.3.